The van der Waals surface area contributed by atoms with Crippen molar-refractivity contribution < 1.29 is 14.6 Å². The van der Waals surface area contributed by atoms with E-state index in [1.54, 1.807) is 0 Å². The predicted octanol–water partition coefficient (Wildman–Crippen LogP) is 3.63. The molecular formula is C17H28O3. The highest BCUT2D eigenvalue weighted by Crippen LogP contribution is 2.45. The first kappa shape index (κ1) is 17.0. The highest BCUT2D eigenvalue weighted by Gasteiger charge is 2.36. The van der Waals surface area contributed by atoms with Crippen LogP contribution in [0.3, 0.4) is 0 Å². The van der Waals surface area contributed by atoms with Gasteiger partial charge in [0.1, 0.15) is 0 Å². The maximum atomic E-state index is 11.8. The van der Waals surface area contributed by atoms with E-state index >= 15 is 0 Å². The Kier molecular flexibility index (Phi) is 6.00. The summed E-state index contributed by atoms with van der Waals surface area (Å²) in [4.78, 5) is 11.8. The molecule has 0 aromatic heterocycles. The number of unbranched alkanes of at least 4 members (excludes halogenated alkanes) is 1. The second kappa shape index (κ2) is 7.07. The highest BCUT2D eigenvalue weighted by molar-refractivity contribution is 5.88. The van der Waals surface area contributed by atoms with Crippen molar-refractivity contribution in [3.63, 3.8) is 0 Å². The Morgan fingerprint density at radius 1 is 1.60 bits per heavy atom. The topological polar surface area (TPSA) is 46.5 Å². The number of carbonyl (C=O) groups excluding carboxylic acids is 1. The average Bonchev–Trinajstić information content (AvgIpc) is 2.64. The molecule has 2 atom stereocenters. The second-order valence-corrected chi connectivity index (χ2v) is 6.31. The standard InChI is InChI=1S/C17H28O3/c1-6-7-10-20-16(19)13(3)15(18)11-14-9-8-12(2)17(14,4)5/h8,14-15,18H,3,6-7,9-11H2,1-2,4-5H3. The van der Waals surface area contributed by atoms with Gasteiger partial charge in [-0.1, -0.05) is 45.4 Å². The minimum atomic E-state index is -0.812. The monoisotopic (exact) mass is 280 g/mol. The van der Waals surface area contributed by atoms with Crippen molar-refractivity contribution in [1.82, 2.24) is 0 Å². The van der Waals surface area contributed by atoms with Crippen LogP contribution in [0.5, 0.6) is 0 Å². The fraction of sp³-hybridized carbons (Fsp3) is 0.706. The normalized spacial score (nSPS) is 22.2. The van der Waals surface area contributed by atoms with Crippen LogP contribution in [0.2, 0.25) is 0 Å². The van der Waals surface area contributed by atoms with Crippen LogP contribution in [0.15, 0.2) is 23.8 Å². The first-order valence-electron chi connectivity index (χ1n) is 7.51. The first-order valence-corrected chi connectivity index (χ1v) is 7.51. The van der Waals surface area contributed by atoms with Crippen LogP contribution < -0.4 is 0 Å². The van der Waals surface area contributed by atoms with E-state index in [1.165, 1.54) is 5.57 Å². The lowest BCUT2D eigenvalue weighted by atomic mass is 9.75. The van der Waals surface area contributed by atoms with Gasteiger partial charge in [0.25, 0.3) is 0 Å². The van der Waals surface area contributed by atoms with Crippen molar-refractivity contribution in [1.29, 1.82) is 0 Å². The van der Waals surface area contributed by atoms with E-state index in [-0.39, 0.29) is 11.0 Å². The molecular weight excluding hydrogens is 252 g/mol. The lowest BCUT2D eigenvalue weighted by Crippen LogP contribution is -2.28. The molecule has 2 unspecified atom stereocenters. The van der Waals surface area contributed by atoms with E-state index in [2.05, 4.69) is 33.4 Å². The Hall–Kier alpha value is -1.09. The van der Waals surface area contributed by atoms with Crippen LogP contribution in [0, 0.1) is 11.3 Å². The van der Waals surface area contributed by atoms with Crippen molar-refractivity contribution >= 4 is 5.97 Å². The van der Waals surface area contributed by atoms with Crippen LogP contribution in [0.4, 0.5) is 0 Å². The van der Waals surface area contributed by atoms with Crippen LogP contribution in [-0.2, 0) is 9.53 Å². The minimum absolute atomic E-state index is 0.0768. The Morgan fingerprint density at radius 2 is 2.25 bits per heavy atom. The highest BCUT2D eigenvalue weighted by atomic mass is 16.5. The van der Waals surface area contributed by atoms with Crippen molar-refractivity contribution in [2.45, 2.75) is 59.5 Å². The van der Waals surface area contributed by atoms with Crippen molar-refractivity contribution in [3.8, 4) is 0 Å². The fourth-order valence-electron chi connectivity index (χ4n) is 2.54. The molecule has 1 aliphatic carbocycles. The molecule has 1 N–H and O–H groups in total. The van der Waals surface area contributed by atoms with Gasteiger partial charge in [0, 0.05) is 0 Å². The van der Waals surface area contributed by atoms with Crippen LogP contribution in [0.25, 0.3) is 0 Å². The lowest BCUT2D eigenvalue weighted by molar-refractivity contribution is -0.140. The third-order valence-corrected chi connectivity index (χ3v) is 4.65. The van der Waals surface area contributed by atoms with Crippen molar-refractivity contribution in [3.05, 3.63) is 23.8 Å². The second-order valence-electron chi connectivity index (χ2n) is 6.31. The molecule has 0 fully saturated rings. The summed E-state index contributed by atoms with van der Waals surface area (Å²) in [6, 6.07) is 0. The summed E-state index contributed by atoms with van der Waals surface area (Å²) in [6.45, 7) is 12.6. The van der Waals surface area contributed by atoms with E-state index in [0.717, 1.165) is 19.3 Å². The third-order valence-electron chi connectivity index (χ3n) is 4.65. The van der Waals surface area contributed by atoms with Crippen molar-refractivity contribution in [2.24, 2.45) is 11.3 Å². The molecule has 0 aliphatic heterocycles. The number of aliphatic hydroxyl groups is 1. The maximum absolute atomic E-state index is 11.8. The zero-order valence-electron chi connectivity index (χ0n) is 13.2. The molecule has 0 heterocycles. The van der Waals surface area contributed by atoms with Crippen LogP contribution >= 0.6 is 0 Å². The molecule has 20 heavy (non-hydrogen) atoms. The molecule has 0 amide bonds. The maximum Gasteiger partial charge on any atom is 0.336 e. The van der Waals surface area contributed by atoms with Gasteiger partial charge in [-0.2, -0.15) is 0 Å². The Balaban J connectivity index is 2.49. The Bertz CT molecular complexity index is 393. The van der Waals surface area contributed by atoms with Gasteiger partial charge in [0.2, 0.25) is 0 Å². The summed E-state index contributed by atoms with van der Waals surface area (Å²) in [5.74, 6) is -0.121. The molecule has 0 spiro atoms. The van der Waals surface area contributed by atoms with Gasteiger partial charge >= 0.3 is 5.97 Å². The molecule has 0 saturated carbocycles. The van der Waals surface area contributed by atoms with Gasteiger partial charge in [-0.05, 0) is 37.5 Å². The average molecular weight is 280 g/mol. The van der Waals surface area contributed by atoms with Gasteiger partial charge in [-0.3, -0.25) is 0 Å². The zero-order chi connectivity index (χ0) is 15.3. The van der Waals surface area contributed by atoms with E-state index in [0.29, 0.717) is 18.9 Å². The number of hydrogen-bond acceptors (Lipinski definition) is 3. The Labute approximate surface area is 122 Å². The number of aliphatic hydroxyl groups excluding tert-OH is 1. The van der Waals surface area contributed by atoms with Crippen LogP contribution in [0.1, 0.15) is 53.4 Å². The SMILES string of the molecule is C=C(C(=O)OCCCC)C(O)CC1CC=C(C)C1(C)C. The molecule has 0 saturated heterocycles. The lowest BCUT2D eigenvalue weighted by Gasteiger charge is -2.31. The molecule has 1 rings (SSSR count). The quantitative estimate of drug-likeness (QED) is 0.335. The third kappa shape index (κ3) is 3.95. The van der Waals surface area contributed by atoms with E-state index in [9.17, 15) is 9.90 Å². The molecule has 0 aromatic carbocycles. The van der Waals surface area contributed by atoms with Gasteiger partial charge in [-0.25, -0.2) is 4.79 Å². The first-order chi connectivity index (χ1) is 9.30. The van der Waals surface area contributed by atoms with Crippen molar-refractivity contribution in [2.75, 3.05) is 6.61 Å². The van der Waals surface area contributed by atoms with Gasteiger partial charge < -0.3 is 9.84 Å². The van der Waals surface area contributed by atoms with E-state index in [1.807, 2.05) is 6.92 Å². The number of rotatable bonds is 7. The van der Waals surface area contributed by atoms with Gasteiger partial charge in [-0.15, -0.1) is 0 Å². The summed E-state index contributed by atoms with van der Waals surface area (Å²) in [6.07, 6.45) is 4.74. The number of allylic oxidation sites excluding steroid dienone is 2. The number of carbonyl (C=O) groups is 1. The zero-order valence-corrected chi connectivity index (χ0v) is 13.2. The summed E-state index contributed by atoms with van der Waals surface area (Å²) >= 11 is 0. The Morgan fingerprint density at radius 3 is 2.75 bits per heavy atom. The molecule has 0 radical (unpaired) electrons. The largest absolute Gasteiger partial charge is 0.462 e. The summed E-state index contributed by atoms with van der Waals surface area (Å²) in [5, 5.41) is 10.2. The van der Waals surface area contributed by atoms with E-state index < -0.39 is 12.1 Å². The molecule has 1 aliphatic rings. The summed E-state index contributed by atoms with van der Waals surface area (Å²) < 4.78 is 5.09. The van der Waals surface area contributed by atoms with E-state index in [4.69, 9.17) is 4.74 Å². The number of hydrogen-bond donors (Lipinski definition) is 1. The summed E-state index contributed by atoms with van der Waals surface area (Å²) in [7, 11) is 0. The summed E-state index contributed by atoms with van der Waals surface area (Å²) in [5.41, 5.74) is 1.61. The number of esters is 1. The fourth-order valence-corrected chi connectivity index (χ4v) is 2.54. The van der Waals surface area contributed by atoms with Gasteiger partial charge in [0.05, 0.1) is 18.3 Å². The number of ether oxygens (including phenoxy) is 1. The predicted molar refractivity (Wildman–Crippen MR) is 81.3 cm³/mol. The molecule has 114 valence electrons. The van der Waals surface area contributed by atoms with Gasteiger partial charge in [0.15, 0.2) is 0 Å². The molecule has 3 heteroatoms. The smallest absolute Gasteiger partial charge is 0.336 e. The van der Waals surface area contributed by atoms with Crippen LogP contribution in [-0.4, -0.2) is 23.8 Å². The molecule has 0 bridgehead atoms. The molecule has 0 aromatic rings. The molecule has 3 nitrogen and oxygen atoms in total. The minimum Gasteiger partial charge on any atom is -0.462 e.